The molecule has 0 bridgehead atoms. The molecule has 0 heterocycles. The number of amides is 1. The first-order valence-electron chi connectivity index (χ1n) is 6.46. The van der Waals surface area contributed by atoms with E-state index < -0.39 is 17.7 Å². The number of benzene rings is 1. The zero-order valence-corrected chi connectivity index (χ0v) is 12.9. The number of carbonyl (C=O) groups excluding carboxylic acids is 1. The molecule has 108 valence electrons. The Morgan fingerprint density at radius 2 is 1.90 bits per heavy atom. The second kappa shape index (κ2) is 6.51. The first-order chi connectivity index (χ1) is 9.49. The van der Waals surface area contributed by atoms with E-state index in [-0.39, 0.29) is 17.5 Å². The van der Waals surface area contributed by atoms with Crippen molar-refractivity contribution < 1.29 is 19.1 Å². The summed E-state index contributed by atoms with van der Waals surface area (Å²) in [7, 11) is 0. The molecule has 1 aliphatic rings. The van der Waals surface area contributed by atoms with Crippen LogP contribution in [0.2, 0.25) is 0 Å². The molecule has 0 saturated heterocycles. The highest BCUT2D eigenvalue weighted by Gasteiger charge is 2.27. The van der Waals surface area contributed by atoms with Crippen molar-refractivity contribution in [2.45, 2.75) is 31.7 Å². The van der Waals surface area contributed by atoms with E-state index in [9.17, 15) is 14.0 Å². The highest BCUT2D eigenvalue weighted by Crippen LogP contribution is 2.25. The molecular formula is C14H15FINO3. The van der Waals surface area contributed by atoms with Gasteiger partial charge in [0, 0.05) is 9.61 Å². The van der Waals surface area contributed by atoms with E-state index in [4.69, 9.17) is 5.11 Å². The van der Waals surface area contributed by atoms with Crippen LogP contribution in [0.3, 0.4) is 0 Å². The maximum atomic E-state index is 13.7. The number of hydrogen-bond acceptors (Lipinski definition) is 2. The normalized spacial score (nSPS) is 22.3. The van der Waals surface area contributed by atoms with Crippen molar-refractivity contribution in [1.82, 2.24) is 5.32 Å². The molecule has 1 fully saturated rings. The molecule has 0 spiro atoms. The molecular weight excluding hydrogens is 376 g/mol. The third-order valence-corrected chi connectivity index (χ3v) is 4.50. The van der Waals surface area contributed by atoms with Gasteiger partial charge in [-0.05, 0) is 60.4 Å². The summed E-state index contributed by atoms with van der Waals surface area (Å²) in [6, 6.07) is 4.43. The van der Waals surface area contributed by atoms with E-state index in [0.717, 1.165) is 0 Å². The number of aliphatic carboxylic acids is 1. The van der Waals surface area contributed by atoms with Crippen LogP contribution in [0.25, 0.3) is 0 Å². The van der Waals surface area contributed by atoms with E-state index in [1.54, 1.807) is 12.1 Å². The van der Waals surface area contributed by atoms with Crippen molar-refractivity contribution in [3.63, 3.8) is 0 Å². The standard InChI is InChI=1S/C14H15FINO3/c15-10-2-1-3-11(16)12(10)13(18)17-9-6-4-8(5-7-9)14(19)20/h1-3,8-9H,4-7H2,(H,17,18)(H,19,20). The largest absolute Gasteiger partial charge is 0.481 e. The lowest BCUT2D eigenvalue weighted by atomic mass is 9.86. The Balaban J connectivity index is 1.98. The Morgan fingerprint density at radius 1 is 1.25 bits per heavy atom. The predicted molar refractivity (Wildman–Crippen MR) is 80.0 cm³/mol. The van der Waals surface area contributed by atoms with Gasteiger partial charge in [0.1, 0.15) is 5.82 Å². The van der Waals surface area contributed by atoms with Crippen molar-refractivity contribution >= 4 is 34.5 Å². The van der Waals surface area contributed by atoms with Gasteiger partial charge in [0.05, 0.1) is 11.5 Å². The number of hydrogen-bond donors (Lipinski definition) is 2. The molecule has 1 saturated carbocycles. The average Bonchev–Trinajstić information content (AvgIpc) is 2.39. The smallest absolute Gasteiger partial charge is 0.306 e. The van der Waals surface area contributed by atoms with Crippen molar-refractivity contribution in [1.29, 1.82) is 0 Å². The summed E-state index contributed by atoms with van der Waals surface area (Å²) in [6.07, 6.45) is 2.34. The topological polar surface area (TPSA) is 66.4 Å². The number of carboxylic acids is 1. The van der Waals surface area contributed by atoms with Crippen LogP contribution in [-0.4, -0.2) is 23.0 Å². The fraction of sp³-hybridized carbons (Fsp3) is 0.429. The maximum Gasteiger partial charge on any atom is 0.306 e. The number of carbonyl (C=O) groups is 2. The van der Waals surface area contributed by atoms with Gasteiger partial charge in [0.15, 0.2) is 0 Å². The van der Waals surface area contributed by atoms with E-state index in [1.807, 2.05) is 22.6 Å². The van der Waals surface area contributed by atoms with Gasteiger partial charge in [-0.1, -0.05) is 6.07 Å². The first-order valence-corrected chi connectivity index (χ1v) is 7.54. The summed E-state index contributed by atoms with van der Waals surface area (Å²) in [5.41, 5.74) is 0.0634. The SMILES string of the molecule is O=C(NC1CCC(C(=O)O)CC1)c1c(F)cccc1I. The average molecular weight is 391 g/mol. The molecule has 0 radical (unpaired) electrons. The van der Waals surface area contributed by atoms with Gasteiger partial charge in [-0.3, -0.25) is 9.59 Å². The lowest BCUT2D eigenvalue weighted by Gasteiger charge is -2.27. The zero-order chi connectivity index (χ0) is 14.7. The molecule has 0 aromatic heterocycles. The second-order valence-electron chi connectivity index (χ2n) is 4.96. The third-order valence-electron chi connectivity index (χ3n) is 3.60. The van der Waals surface area contributed by atoms with Crippen LogP contribution in [0.15, 0.2) is 18.2 Å². The number of halogens is 2. The van der Waals surface area contributed by atoms with Gasteiger partial charge in [0.25, 0.3) is 5.91 Å². The molecule has 2 N–H and O–H groups in total. The molecule has 1 aromatic carbocycles. The van der Waals surface area contributed by atoms with Crippen molar-refractivity contribution in [3.05, 3.63) is 33.1 Å². The van der Waals surface area contributed by atoms with Crippen molar-refractivity contribution in [3.8, 4) is 0 Å². The molecule has 1 aliphatic carbocycles. The summed E-state index contributed by atoms with van der Waals surface area (Å²) >= 11 is 1.93. The van der Waals surface area contributed by atoms with Gasteiger partial charge < -0.3 is 10.4 Å². The number of rotatable bonds is 3. The molecule has 20 heavy (non-hydrogen) atoms. The van der Waals surface area contributed by atoms with E-state index >= 15 is 0 Å². The molecule has 0 atom stereocenters. The fourth-order valence-corrected chi connectivity index (χ4v) is 3.17. The minimum atomic E-state index is -0.779. The molecule has 0 unspecified atom stereocenters. The van der Waals surface area contributed by atoms with Crippen LogP contribution in [-0.2, 0) is 4.79 Å². The third kappa shape index (κ3) is 3.47. The molecule has 1 aromatic rings. The Kier molecular flexibility index (Phi) is 4.95. The summed E-state index contributed by atoms with van der Waals surface area (Å²) in [6.45, 7) is 0. The Morgan fingerprint density at radius 3 is 2.45 bits per heavy atom. The minimum Gasteiger partial charge on any atom is -0.481 e. The predicted octanol–water partition coefficient (Wildman–Crippen LogP) is 2.80. The van der Waals surface area contributed by atoms with E-state index in [1.165, 1.54) is 6.07 Å². The monoisotopic (exact) mass is 391 g/mol. The zero-order valence-electron chi connectivity index (χ0n) is 10.7. The first kappa shape index (κ1) is 15.2. The molecule has 4 nitrogen and oxygen atoms in total. The molecule has 6 heteroatoms. The van der Waals surface area contributed by atoms with Crippen LogP contribution in [0.4, 0.5) is 4.39 Å². The molecule has 2 rings (SSSR count). The van der Waals surface area contributed by atoms with Crippen LogP contribution >= 0.6 is 22.6 Å². The van der Waals surface area contributed by atoms with Crippen LogP contribution in [0, 0.1) is 15.3 Å². The van der Waals surface area contributed by atoms with Crippen LogP contribution in [0.5, 0.6) is 0 Å². The number of nitrogens with one attached hydrogen (secondary N) is 1. The van der Waals surface area contributed by atoms with E-state index in [2.05, 4.69) is 5.32 Å². The summed E-state index contributed by atoms with van der Waals surface area (Å²) in [4.78, 5) is 23.0. The van der Waals surface area contributed by atoms with Gasteiger partial charge >= 0.3 is 5.97 Å². The highest BCUT2D eigenvalue weighted by atomic mass is 127. The summed E-state index contributed by atoms with van der Waals surface area (Å²) in [5.74, 6) is -2.06. The maximum absolute atomic E-state index is 13.7. The Bertz CT molecular complexity index is 507. The fourth-order valence-electron chi connectivity index (χ4n) is 2.46. The lowest BCUT2D eigenvalue weighted by molar-refractivity contribution is -0.142. The van der Waals surface area contributed by atoms with Crippen LogP contribution < -0.4 is 5.32 Å². The number of carboxylic acid groups (broad SMARTS) is 1. The highest BCUT2D eigenvalue weighted by molar-refractivity contribution is 14.1. The van der Waals surface area contributed by atoms with Gasteiger partial charge in [-0.25, -0.2) is 4.39 Å². The quantitative estimate of drug-likeness (QED) is 0.779. The lowest BCUT2D eigenvalue weighted by Crippen LogP contribution is -2.39. The Labute approximate surface area is 129 Å². The second-order valence-corrected chi connectivity index (χ2v) is 6.12. The van der Waals surface area contributed by atoms with Crippen molar-refractivity contribution in [2.75, 3.05) is 0 Å². The van der Waals surface area contributed by atoms with Gasteiger partial charge in [-0.15, -0.1) is 0 Å². The van der Waals surface area contributed by atoms with Crippen LogP contribution in [0.1, 0.15) is 36.0 Å². The molecule has 0 aliphatic heterocycles. The Hall–Kier alpha value is -1.18. The summed E-state index contributed by atoms with van der Waals surface area (Å²) in [5, 5.41) is 11.7. The molecule has 1 amide bonds. The van der Waals surface area contributed by atoms with Crippen molar-refractivity contribution in [2.24, 2.45) is 5.92 Å². The van der Waals surface area contributed by atoms with E-state index in [0.29, 0.717) is 29.3 Å². The summed E-state index contributed by atoms with van der Waals surface area (Å²) < 4.78 is 14.2. The minimum absolute atomic E-state index is 0.0634. The van der Waals surface area contributed by atoms with Gasteiger partial charge in [-0.2, -0.15) is 0 Å². The van der Waals surface area contributed by atoms with Gasteiger partial charge in [0.2, 0.25) is 0 Å².